The fraction of sp³-hybridized carbons (Fsp3) is 0.200. The van der Waals surface area contributed by atoms with Crippen LogP contribution in [0, 0.1) is 0 Å². The third-order valence-electron chi connectivity index (χ3n) is 4.56. The molecule has 8 heteroatoms. The Bertz CT molecular complexity index is 1060. The molecule has 2 aromatic carbocycles. The summed E-state index contributed by atoms with van der Waals surface area (Å²) in [6, 6.07) is 11.0. The Kier molecular flexibility index (Phi) is 5.78. The number of aromatic nitrogens is 1. The third-order valence-corrected chi connectivity index (χ3v) is 6.62. The van der Waals surface area contributed by atoms with Gasteiger partial charge in [0.05, 0.1) is 20.3 Å². The maximum absolute atomic E-state index is 12.5. The minimum atomic E-state index is -0.0122. The Labute approximate surface area is 181 Å². The van der Waals surface area contributed by atoms with Crippen LogP contribution < -0.4 is 4.90 Å². The summed E-state index contributed by atoms with van der Waals surface area (Å²) >= 11 is 19.6. The van der Waals surface area contributed by atoms with Crippen LogP contribution in [0.1, 0.15) is 5.56 Å². The van der Waals surface area contributed by atoms with Gasteiger partial charge >= 0.3 is 0 Å². The molecule has 1 saturated heterocycles. The summed E-state index contributed by atoms with van der Waals surface area (Å²) in [6.45, 7) is 2.81. The number of rotatable bonds is 3. The smallest absolute Gasteiger partial charge is 0.246 e. The number of hydrogen-bond acceptors (Lipinski definition) is 4. The van der Waals surface area contributed by atoms with Gasteiger partial charge in [-0.15, -0.1) is 0 Å². The van der Waals surface area contributed by atoms with Crippen LogP contribution in [-0.2, 0) is 4.79 Å². The number of hydrogen-bond donors (Lipinski definition) is 0. The molecule has 4 nitrogen and oxygen atoms in total. The van der Waals surface area contributed by atoms with Gasteiger partial charge in [-0.1, -0.05) is 52.2 Å². The number of thiazole rings is 1. The van der Waals surface area contributed by atoms with Gasteiger partial charge in [0.15, 0.2) is 5.13 Å². The first kappa shape index (κ1) is 19.5. The standard InChI is InChI=1S/C20H16Cl3N3OS/c21-14-3-5-17-18(12-14)28-20(24-17)26-9-7-25(8-10-26)19(27)6-2-13-1-4-15(22)16(23)11-13/h1-6,11-12H,7-10H2/b6-2+. The highest BCUT2D eigenvalue weighted by molar-refractivity contribution is 7.22. The lowest BCUT2D eigenvalue weighted by Gasteiger charge is -2.34. The van der Waals surface area contributed by atoms with Gasteiger partial charge in [0.25, 0.3) is 0 Å². The number of fused-ring (bicyclic) bond motifs is 1. The van der Waals surface area contributed by atoms with E-state index in [1.54, 1.807) is 35.6 Å². The SMILES string of the molecule is O=C(/C=C/c1ccc(Cl)c(Cl)c1)N1CCN(c2nc3ccc(Cl)cc3s2)CC1. The zero-order valence-electron chi connectivity index (χ0n) is 14.7. The van der Waals surface area contributed by atoms with E-state index in [-0.39, 0.29) is 5.91 Å². The van der Waals surface area contributed by atoms with Crippen molar-refractivity contribution >= 4 is 73.5 Å². The zero-order valence-corrected chi connectivity index (χ0v) is 17.8. The minimum absolute atomic E-state index is 0.0122. The van der Waals surface area contributed by atoms with Crippen molar-refractivity contribution in [1.29, 1.82) is 0 Å². The second kappa shape index (κ2) is 8.29. The summed E-state index contributed by atoms with van der Waals surface area (Å²) in [6.07, 6.45) is 3.34. The zero-order chi connectivity index (χ0) is 19.7. The molecule has 1 aliphatic rings. The summed E-state index contributed by atoms with van der Waals surface area (Å²) < 4.78 is 1.07. The highest BCUT2D eigenvalue weighted by Gasteiger charge is 2.22. The van der Waals surface area contributed by atoms with Crippen molar-refractivity contribution in [2.75, 3.05) is 31.1 Å². The molecule has 0 atom stereocenters. The number of anilines is 1. The van der Waals surface area contributed by atoms with E-state index in [1.165, 1.54) is 0 Å². The fourth-order valence-electron chi connectivity index (χ4n) is 3.03. The van der Waals surface area contributed by atoms with Crippen LogP contribution in [0.3, 0.4) is 0 Å². The molecule has 4 rings (SSSR count). The number of piperazine rings is 1. The first-order valence-corrected chi connectivity index (χ1v) is 10.7. The number of carbonyl (C=O) groups excluding carboxylic acids is 1. The van der Waals surface area contributed by atoms with E-state index in [2.05, 4.69) is 9.88 Å². The maximum atomic E-state index is 12.5. The summed E-state index contributed by atoms with van der Waals surface area (Å²) in [5, 5.41) is 2.66. The molecule has 0 radical (unpaired) electrons. The number of halogens is 3. The molecule has 28 heavy (non-hydrogen) atoms. The van der Waals surface area contributed by atoms with Crippen LogP contribution in [0.4, 0.5) is 5.13 Å². The van der Waals surface area contributed by atoms with Crippen molar-refractivity contribution in [1.82, 2.24) is 9.88 Å². The summed E-state index contributed by atoms with van der Waals surface area (Å²) in [5.41, 5.74) is 1.79. The molecule has 2 heterocycles. The van der Waals surface area contributed by atoms with Gasteiger partial charge in [-0.3, -0.25) is 4.79 Å². The number of benzene rings is 2. The van der Waals surface area contributed by atoms with Gasteiger partial charge in [-0.05, 0) is 42.0 Å². The van der Waals surface area contributed by atoms with E-state index in [0.29, 0.717) is 28.2 Å². The monoisotopic (exact) mass is 451 g/mol. The lowest BCUT2D eigenvalue weighted by atomic mass is 10.2. The van der Waals surface area contributed by atoms with Gasteiger partial charge in [0, 0.05) is 37.3 Å². The Balaban J connectivity index is 1.38. The molecule has 144 valence electrons. The quantitative estimate of drug-likeness (QED) is 0.484. The Hall–Kier alpha value is -1.79. The molecule has 0 unspecified atom stereocenters. The van der Waals surface area contributed by atoms with Crippen LogP contribution in [0.2, 0.25) is 15.1 Å². The minimum Gasteiger partial charge on any atom is -0.345 e. The van der Waals surface area contributed by atoms with Crippen molar-refractivity contribution in [2.45, 2.75) is 0 Å². The average Bonchev–Trinajstić information content (AvgIpc) is 3.12. The summed E-state index contributed by atoms with van der Waals surface area (Å²) in [7, 11) is 0. The topological polar surface area (TPSA) is 36.4 Å². The van der Waals surface area contributed by atoms with Gasteiger partial charge in [0.1, 0.15) is 0 Å². The number of nitrogens with zero attached hydrogens (tertiary/aromatic N) is 3. The molecule has 0 aliphatic carbocycles. The van der Waals surface area contributed by atoms with E-state index in [0.717, 1.165) is 34.0 Å². The molecule has 0 spiro atoms. The predicted molar refractivity (Wildman–Crippen MR) is 119 cm³/mol. The lowest BCUT2D eigenvalue weighted by Crippen LogP contribution is -2.48. The fourth-order valence-corrected chi connectivity index (χ4v) is 4.63. The Morgan fingerprint density at radius 1 is 1.00 bits per heavy atom. The average molecular weight is 453 g/mol. The van der Waals surface area contributed by atoms with Crippen LogP contribution in [0.15, 0.2) is 42.5 Å². The molecule has 0 saturated carbocycles. The largest absolute Gasteiger partial charge is 0.345 e. The highest BCUT2D eigenvalue weighted by Crippen LogP contribution is 2.31. The Morgan fingerprint density at radius 3 is 2.54 bits per heavy atom. The number of carbonyl (C=O) groups is 1. The lowest BCUT2D eigenvalue weighted by molar-refractivity contribution is -0.126. The van der Waals surface area contributed by atoms with Gasteiger partial charge in [0.2, 0.25) is 5.91 Å². The van der Waals surface area contributed by atoms with Crippen LogP contribution >= 0.6 is 46.1 Å². The molecular weight excluding hydrogens is 437 g/mol. The summed E-state index contributed by atoms with van der Waals surface area (Å²) in [4.78, 5) is 21.2. The summed E-state index contributed by atoms with van der Waals surface area (Å²) in [5.74, 6) is -0.0122. The highest BCUT2D eigenvalue weighted by atomic mass is 35.5. The van der Waals surface area contributed by atoms with E-state index in [4.69, 9.17) is 34.8 Å². The third kappa shape index (κ3) is 4.28. The molecule has 0 bridgehead atoms. The van der Waals surface area contributed by atoms with E-state index < -0.39 is 0 Å². The van der Waals surface area contributed by atoms with Gasteiger partial charge < -0.3 is 9.80 Å². The normalized spacial score (nSPS) is 15.0. The van der Waals surface area contributed by atoms with Crippen molar-refractivity contribution in [3.8, 4) is 0 Å². The predicted octanol–water partition coefficient (Wildman–Crippen LogP) is 5.62. The van der Waals surface area contributed by atoms with Gasteiger partial charge in [-0.25, -0.2) is 4.98 Å². The van der Waals surface area contributed by atoms with Crippen molar-refractivity contribution in [2.24, 2.45) is 0 Å². The van der Waals surface area contributed by atoms with E-state index >= 15 is 0 Å². The van der Waals surface area contributed by atoms with Crippen molar-refractivity contribution in [3.05, 3.63) is 63.1 Å². The second-order valence-corrected chi connectivity index (χ2v) is 8.69. The van der Waals surface area contributed by atoms with Crippen molar-refractivity contribution in [3.63, 3.8) is 0 Å². The molecule has 1 aromatic heterocycles. The van der Waals surface area contributed by atoms with Crippen LogP contribution in [-0.4, -0.2) is 42.0 Å². The van der Waals surface area contributed by atoms with Crippen molar-refractivity contribution < 1.29 is 4.79 Å². The van der Waals surface area contributed by atoms with Crippen LogP contribution in [0.5, 0.6) is 0 Å². The first-order chi connectivity index (χ1) is 13.5. The molecule has 1 fully saturated rings. The maximum Gasteiger partial charge on any atom is 0.246 e. The second-order valence-electron chi connectivity index (χ2n) is 6.43. The molecule has 1 aliphatic heterocycles. The molecule has 0 N–H and O–H groups in total. The number of amides is 1. The van der Waals surface area contributed by atoms with Crippen LogP contribution in [0.25, 0.3) is 16.3 Å². The van der Waals surface area contributed by atoms with Gasteiger partial charge in [-0.2, -0.15) is 0 Å². The van der Waals surface area contributed by atoms with E-state index in [1.807, 2.05) is 29.2 Å². The first-order valence-electron chi connectivity index (χ1n) is 8.73. The molecule has 1 amide bonds. The van der Waals surface area contributed by atoms with E-state index in [9.17, 15) is 4.79 Å². The Morgan fingerprint density at radius 2 is 1.79 bits per heavy atom. The molecular formula is C20H16Cl3N3OS. The molecule has 3 aromatic rings.